The van der Waals surface area contributed by atoms with Crippen LogP contribution in [0.2, 0.25) is 10.0 Å². The number of aromatic nitrogens is 2. The molecular formula is C19H16Cl2N4O. The lowest BCUT2D eigenvalue weighted by Crippen LogP contribution is -2.26. The maximum atomic E-state index is 12.1. The first-order chi connectivity index (χ1) is 12.6. The summed E-state index contributed by atoms with van der Waals surface area (Å²) < 4.78 is 0. The topological polar surface area (TPSA) is 66.9 Å². The molecule has 1 aromatic heterocycles. The van der Waals surface area contributed by atoms with Gasteiger partial charge < -0.3 is 10.6 Å². The second-order valence-corrected chi connectivity index (χ2v) is 6.37. The van der Waals surface area contributed by atoms with Crippen LogP contribution < -0.4 is 10.6 Å². The first-order valence-corrected chi connectivity index (χ1v) is 8.73. The third kappa shape index (κ3) is 4.94. The van der Waals surface area contributed by atoms with E-state index in [1.807, 2.05) is 30.3 Å². The normalized spacial score (nSPS) is 10.4. The molecule has 0 saturated heterocycles. The molecule has 0 aliphatic heterocycles. The van der Waals surface area contributed by atoms with Crippen LogP contribution >= 0.6 is 23.2 Å². The number of anilines is 2. The summed E-state index contributed by atoms with van der Waals surface area (Å²) in [6.45, 7) is 0.533. The van der Waals surface area contributed by atoms with Gasteiger partial charge in [0.2, 0.25) is 0 Å². The first-order valence-electron chi connectivity index (χ1n) is 7.98. The molecule has 2 N–H and O–H groups in total. The largest absolute Gasteiger partial charge is 0.350 e. The minimum Gasteiger partial charge on any atom is -0.350 e. The van der Waals surface area contributed by atoms with Crippen LogP contribution in [0.15, 0.2) is 60.9 Å². The molecule has 5 nitrogen and oxygen atoms in total. The maximum Gasteiger partial charge on any atom is 0.271 e. The molecule has 1 heterocycles. The highest BCUT2D eigenvalue weighted by Crippen LogP contribution is 2.27. The number of nitrogens with zero attached hydrogens (tertiary/aromatic N) is 2. The van der Waals surface area contributed by atoms with Crippen molar-refractivity contribution in [3.05, 3.63) is 82.2 Å². The highest BCUT2D eigenvalue weighted by atomic mass is 35.5. The zero-order valence-corrected chi connectivity index (χ0v) is 15.3. The van der Waals surface area contributed by atoms with Crippen molar-refractivity contribution >= 4 is 40.6 Å². The molecular weight excluding hydrogens is 371 g/mol. The minimum atomic E-state index is -0.260. The molecule has 0 saturated carbocycles. The lowest BCUT2D eigenvalue weighted by Gasteiger charge is -2.08. The van der Waals surface area contributed by atoms with Gasteiger partial charge >= 0.3 is 0 Å². The van der Waals surface area contributed by atoms with Gasteiger partial charge in [-0.2, -0.15) is 0 Å². The van der Waals surface area contributed by atoms with E-state index in [0.29, 0.717) is 28.1 Å². The van der Waals surface area contributed by atoms with E-state index in [0.717, 1.165) is 6.42 Å². The number of nitrogens with one attached hydrogen (secondary N) is 2. The molecule has 0 unspecified atom stereocenters. The molecule has 0 radical (unpaired) electrons. The average Bonchev–Trinajstić information content (AvgIpc) is 2.65. The summed E-state index contributed by atoms with van der Waals surface area (Å²) in [7, 11) is 0. The Kier molecular flexibility index (Phi) is 6.04. The number of amides is 1. The number of benzene rings is 2. The highest BCUT2D eigenvalue weighted by Gasteiger charge is 2.08. The summed E-state index contributed by atoms with van der Waals surface area (Å²) >= 11 is 12.0. The zero-order chi connectivity index (χ0) is 18.4. The lowest BCUT2D eigenvalue weighted by molar-refractivity contribution is 0.0949. The highest BCUT2D eigenvalue weighted by molar-refractivity contribution is 6.36. The fraction of sp³-hybridized carbons (Fsp3) is 0.105. The van der Waals surface area contributed by atoms with E-state index >= 15 is 0 Å². The van der Waals surface area contributed by atoms with E-state index < -0.39 is 0 Å². The van der Waals surface area contributed by atoms with E-state index in [1.165, 1.54) is 18.0 Å². The molecule has 0 aliphatic rings. The Balaban J connectivity index is 1.55. The van der Waals surface area contributed by atoms with Crippen molar-refractivity contribution in [1.29, 1.82) is 0 Å². The van der Waals surface area contributed by atoms with Gasteiger partial charge in [0.1, 0.15) is 11.5 Å². The second-order valence-electron chi connectivity index (χ2n) is 5.53. The van der Waals surface area contributed by atoms with Crippen LogP contribution in [0.3, 0.4) is 0 Å². The SMILES string of the molecule is O=C(NCCc1ccccc1)c1cnc(Nc2ccc(Cl)cc2Cl)cn1. The Labute approximate surface area is 161 Å². The van der Waals surface area contributed by atoms with Crippen LogP contribution in [0.1, 0.15) is 16.1 Å². The van der Waals surface area contributed by atoms with Crippen molar-refractivity contribution in [2.45, 2.75) is 6.42 Å². The van der Waals surface area contributed by atoms with Gasteiger partial charge in [0.05, 0.1) is 23.1 Å². The number of carbonyl (C=O) groups is 1. The molecule has 0 fully saturated rings. The van der Waals surface area contributed by atoms with Crippen molar-refractivity contribution in [2.75, 3.05) is 11.9 Å². The monoisotopic (exact) mass is 386 g/mol. The van der Waals surface area contributed by atoms with E-state index in [-0.39, 0.29) is 11.6 Å². The van der Waals surface area contributed by atoms with Crippen molar-refractivity contribution in [1.82, 2.24) is 15.3 Å². The van der Waals surface area contributed by atoms with Crippen LogP contribution in [-0.4, -0.2) is 22.4 Å². The van der Waals surface area contributed by atoms with E-state index in [1.54, 1.807) is 18.2 Å². The molecule has 0 atom stereocenters. The molecule has 26 heavy (non-hydrogen) atoms. The molecule has 7 heteroatoms. The van der Waals surface area contributed by atoms with Crippen molar-refractivity contribution in [3.8, 4) is 0 Å². The second kappa shape index (κ2) is 8.65. The van der Waals surface area contributed by atoms with Crippen molar-refractivity contribution < 1.29 is 4.79 Å². The van der Waals surface area contributed by atoms with Crippen molar-refractivity contribution in [3.63, 3.8) is 0 Å². The fourth-order valence-corrected chi connectivity index (χ4v) is 2.75. The molecule has 3 rings (SSSR count). The van der Waals surface area contributed by atoms with Crippen LogP contribution in [0.4, 0.5) is 11.5 Å². The van der Waals surface area contributed by atoms with Crippen LogP contribution in [0.5, 0.6) is 0 Å². The maximum absolute atomic E-state index is 12.1. The fourth-order valence-electron chi connectivity index (χ4n) is 2.29. The lowest BCUT2D eigenvalue weighted by atomic mass is 10.1. The predicted molar refractivity (Wildman–Crippen MR) is 104 cm³/mol. The smallest absolute Gasteiger partial charge is 0.271 e. The Hall–Kier alpha value is -2.63. The molecule has 0 spiro atoms. The summed E-state index contributed by atoms with van der Waals surface area (Å²) in [4.78, 5) is 20.5. The molecule has 3 aromatic rings. The van der Waals surface area contributed by atoms with E-state index in [2.05, 4.69) is 20.6 Å². The van der Waals surface area contributed by atoms with Crippen LogP contribution in [0, 0.1) is 0 Å². The van der Waals surface area contributed by atoms with Gasteiger partial charge in [0.15, 0.2) is 0 Å². The number of rotatable bonds is 6. The Morgan fingerprint density at radius 3 is 2.50 bits per heavy atom. The van der Waals surface area contributed by atoms with E-state index in [4.69, 9.17) is 23.2 Å². The predicted octanol–water partition coefficient (Wildman–Crippen LogP) is 4.50. The summed E-state index contributed by atoms with van der Waals surface area (Å²) in [5.74, 6) is 0.222. The Morgan fingerprint density at radius 1 is 1.00 bits per heavy atom. The summed E-state index contributed by atoms with van der Waals surface area (Å²) in [6.07, 6.45) is 3.66. The molecule has 0 aliphatic carbocycles. The molecule has 1 amide bonds. The van der Waals surface area contributed by atoms with Gasteiger partial charge in [-0.15, -0.1) is 0 Å². The zero-order valence-electron chi connectivity index (χ0n) is 13.7. The standard InChI is InChI=1S/C19H16Cl2N4O/c20-14-6-7-16(15(21)10-14)25-18-12-23-17(11-24-18)19(26)22-9-8-13-4-2-1-3-5-13/h1-7,10-12H,8-9H2,(H,22,26)(H,24,25). The number of hydrogen-bond donors (Lipinski definition) is 2. The Bertz CT molecular complexity index is 886. The van der Waals surface area contributed by atoms with Crippen LogP contribution in [-0.2, 0) is 6.42 Å². The third-order valence-electron chi connectivity index (χ3n) is 3.62. The summed E-state index contributed by atoms with van der Waals surface area (Å²) in [5.41, 5.74) is 2.08. The number of carbonyl (C=O) groups excluding carboxylic acids is 1. The molecule has 2 aromatic carbocycles. The van der Waals surface area contributed by atoms with Gasteiger partial charge in [0.25, 0.3) is 5.91 Å². The minimum absolute atomic E-state index is 0.255. The third-order valence-corrected chi connectivity index (χ3v) is 4.17. The van der Waals surface area contributed by atoms with Gasteiger partial charge in [-0.3, -0.25) is 4.79 Å². The summed E-state index contributed by atoms with van der Waals surface area (Å²) in [6, 6.07) is 15.1. The summed E-state index contributed by atoms with van der Waals surface area (Å²) in [5, 5.41) is 6.89. The van der Waals surface area contributed by atoms with Gasteiger partial charge in [0, 0.05) is 11.6 Å². The average molecular weight is 387 g/mol. The van der Waals surface area contributed by atoms with E-state index in [9.17, 15) is 4.79 Å². The number of hydrogen-bond acceptors (Lipinski definition) is 4. The first kappa shape index (κ1) is 18.2. The van der Waals surface area contributed by atoms with Crippen LogP contribution in [0.25, 0.3) is 0 Å². The Morgan fingerprint density at radius 2 is 1.81 bits per heavy atom. The van der Waals surface area contributed by atoms with Gasteiger partial charge in [-0.25, -0.2) is 9.97 Å². The van der Waals surface area contributed by atoms with Crippen molar-refractivity contribution in [2.24, 2.45) is 0 Å². The van der Waals surface area contributed by atoms with Gasteiger partial charge in [-0.1, -0.05) is 53.5 Å². The molecule has 132 valence electrons. The molecule has 0 bridgehead atoms. The quantitative estimate of drug-likeness (QED) is 0.654. The van der Waals surface area contributed by atoms with Gasteiger partial charge in [-0.05, 0) is 30.2 Å². The number of halogens is 2.